The van der Waals surface area contributed by atoms with E-state index in [0.717, 1.165) is 69.9 Å². The molecule has 1 saturated heterocycles. The van der Waals surface area contributed by atoms with Gasteiger partial charge in [0.2, 0.25) is 0 Å². The topological polar surface area (TPSA) is 87.7 Å². The average molecular weight is 536 g/mol. The first-order valence-corrected chi connectivity index (χ1v) is 13.6. The van der Waals surface area contributed by atoms with E-state index in [0.29, 0.717) is 23.6 Å². The average Bonchev–Trinajstić information content (AvgIpc) is 3.75. The van der Waals surface area contributed by atoms with Crippen LogP contribution in [0.25, 0.3) is 55.7 Å². The number of H-pyrrole nitrogens is 2. The highest BCUT2D eigenvalue weighted by Crippen LogP contribution is 2.35. The summed E-state index contributed by atoms with van der Waals surface area (Å²) in [5.74, 6) is 1.12. The minimum atomic E-state index is -0.348. The number of hydrogen-bond donors (Lipinski definition) is 2. The van der Waals surface area contributed by atoms with Gasteiger partial charge in [-0.15, -0.1) is 0 Å². The van der Waals surface area contributed by atoms with Gasteiger partial charge >= 0.3 is 0 Å². The Labute approximate surface area is 230 Å². The van der Waals surface area contributed by atoms with E-state index >= 15 is 0 Å². The fourth-order valence-electron chi connectivity index (χ4n) is 5.64. The predicted octanol–water partition coefficient (Wildman–Crippen LogP) is 6.10. The number of hydrogen-bond acceptors (Lipinski definition) is 5. The summed E-state index contributed by atoms with van der Waals surface area (Å²) in [6, 6.07) is 15.0. The number of pyridine rings is 1. The zero-order valence-corrected chi connectivity index (χ0v) is 22.5. The summed E-state index contributed by atoms with van der Waals surface area (Å²) in [6.07, 6.45) is 6.10. The lowest BCUT2D eigenvalue weighted by atomic mass is 10.1. The number of nitrogens with one attached hydrogen (secondary N) is 2. The van der Waals surface area contributed by atoms with Gasteiger partial charge in [0.15, 0.2) is 0 Å². The molecule has 6 aromatic rings. The van der Waals surface area contributed by atoms with Crippen LogP contribution in [0.15, 0.2) is 60.9 Å². The van der Waals surface area contributed by atoms with Gasteiger partial charge in [0.1, 0.15) is 29.7 Å². The highest BCUT2D eigenvalue weighted by Gasteiger charge is 2.17. The van der Waals surface area contributed by atoms with Crippen molar-refractivity contribution in [3.05, 3.63) is 72.6 Å². The highest BCUT2D eigenvalue weighted by atomic mass is 19.1. The number of aromatic nitrogens is 6. The molecular weight excluding hydrogens is 505 g/mol. The number of nitrogens with zero attached hydrogens (tertiary/aromatic N) is 5. The van der Waals surface area contributed by atoms with E-state index in [1.54, 1.807) is 6.20 Å². The number of ether oxygens (including phenoxy) is 1. The van der Waals surface area contributed by atoms with Crippen LogP contribution in [0, 0.1) is 12.7 Å². The Morgan fingerprint density at radius 1 is 0.925 bits per heavy atom. The first-order valence-electron chi connectivity index (χ1n) is 13.6. The molecule has 2 N–H and O–H groups in total. The SMILES string of the molecule is Cc1ncc(-c2ccc3[nH]nc(-c4cc5c(-c6cc(F)cc(OCCN7CCCC7)c6)nccc5[nH]4)c3c2)n1C. The van der Waals surface area contributed by atoms with Gasteiger partial charge in [0.05, 0.1) is 28.8 Å². The summed E-state index contributed by atoms with van der Waals surface area (Å²) >= 11 is 0. The van der Waals surface area contributed by atoms with E-state index in [4.69, 9.17) is 4.74 Å². The zero-order valence-electron chi connectivity index (χ0n) is 22.5. The smallest absolute Gasteiger partial charge is 0.127 e. The van der Waals surface area contributed by atoms with Crippen molar-refractivity contribution in [2.45, 2.75) is 19.8 Å². The van der Waals surface area contributed by atoms with Crippen LogP contribution in [0.2, 0.25) is 0 Å². The third-order valence-corrected chi connectivity index (χ3v) is 7.90. The van der Waals surface area contributed by atoms with Gasteiger partial charge in [-0.05, 0) is 69.3 Å². The maximum Gasteiger partial charge on any atom is 0.127 e. The Bertz CT molecular complexity index is 1840. The standard InChI is InChI=1S/C31H30FN7O/c1-19-34-18-29(38(19)2)20-5-6-27-24(15-20)31(37-36-27)28-17-25-26(35-28)7-8-33-30(25)21-13-22(32)16-23(14-21)40-12-11-39-9-3-4-10-39/h5-8,13-18,35H,3-4,9-12H2,1-2H3,(H,36,37). The molecule has 202 valence electrons. The summed E-state index contributed by atoms with van der Waals surface area (Å²) in [4.78, 5) is 15.0. The summed E-state index contributed by atoms with van der Waals surface area (Å²) < 4.78 is 22.7. The van der Waals surface area contributed by atoms with Crippen LogP contribution >= 0.6 is 0 Å². The Morgan fingerprint density at radius 2 is 1.77 bits per heavy atom. The third kappa shape index (κ3) is 4.42. The van der Waals surface area contributed by atoms with Crippen molar-refractivity contribution in [3.63, 3.8) is 0 Å². The third-order valence-electron chi connectivity index (χ3n) is 7.90. The van der Waals surface area contributed by atoms with E-state index < -0.39 is 0 Å². The van der Waals surface area contributed by atoms with Gasteiger partial charge in [-0.3, -0.25) is 15.0 Å². The molecule has 40 heavy (non-hydrogen) atoms. The van der Waals surface area contributed by atoms with Crippen LogP contribution in [-0.2, 0) is 7.05 Å². The Kier molecular flexibility index (Phi) is 6.08. The summed E-state index contributed by atoms with van der Waals surface area (Å²) in [5.41, 5.74) is 6.97. The molecule has 8 nitrogen and oxygen atoms in total. The van der Waals surface area contributed by atoms with E-state index in [2.05, 4.69) is 46.7 Å². The van der Waals surface area contributed by atoms with Crippen LogP contribution in [-0.4, -0.2) is 60.9 Å². The molecule has 9 heteroatoms. The quantitative estimate of drug-likeness (QED) is 0.258. The lowest BCUT2D eigenvalue weighted by molar-refractivity contribution is 0.237. The maximum absolute atomic E-state index is 14.7. The van der Waals surface area contributed by atoms with Gasteiger partial charge in [-0.2, -0.15) is 5.10 Å². The Balaban J connectivity index is 1.23. The molecule has 0 spiro atoms. The lowest BCUT2D eigenvalue weighted by Crippen LogP contribution is -2.25. The molecule has 0 bridgehead atoms. The van der Waals surface area contributed by atoms with Crippen molar-refractivity contribution in [2.75, 3.05) is 26.2 Å². The molecule has 1 aliphatic heterocycles. The number of halogens is 1. The molecule has 5 heterocycles. The number of likely N-dealkylation sites (tertiary alicyclic amines) is 1. The fourth-order valence-corrected chi connectivity index (χ4v) is 5.64. The molecule has 0 radical (unpaired) electrons. The fraction of sp³-hybridized carbons (Fsp3) is 0.258. The number of fused-ring (bicyclic) bond motifs is 2. The summed E-state index contributed by atoms with van der Waals surface area (Å²) in [5, 5.41) is 9.68. The molecule has 7 rings (SSSR count). The maximum atomic E-state index is 14.7. The van der Waals surface area contributed by atoms with Crippen molar-refractivity contribution in [1.82, 2.24) is 34.6 Å². The van der Waals surface area contributed by atoms with Crippen molar-refractivity contribution >= 4 is 21.8 Å². The van der Waals surface area contributed by atoms with E-state index in [-0.39, 0.29) is 5.82 Å². The number of imidazole rings is 1. The second-order valence-corrected chi connectivity index (χ2v) is 10.5. The first kappa shape index (κ1) is 24.5. The summed E-state index contributed by atoms with van der Waals surface area (Å²) in [7, 11) is 2.01. The minimum absolute atomic E-state index is 0.348. The van der Waals surface area contributed by atoms with Crippen molar-refractivity contribution in [1.29, 1.82) is 0 Å². The van der Waals surface area contributed by atoms with Gasteiger partial charge in [-0.25, -0.2) is 9.37 Å². The Hall–Kier alpha value is -4.50. The lowest BCUT2D eigenvalue weighted by Gasteiger charge is -2.15. The number of aromatic amines is 2. The van der Waals surface area contributed by atoms with Crippen LogP contribution in [0.3, 0.4) is 0 Å². The van der Waals surface area contributed by atoms with Gasteiger partial charge in [0.25, 0.3) is 0 Å². The first-order chi connectivity index (χ1) is 19.5. The van der Waals surface area contributed by atoms with Crippen molar-refractivity contribution in [3.8, 4) is 39.7 Å². The van der Waals surface area contributed by atoms with Crippen molar-refractivity contribution < 1.29 is 9.13 Å². The number of aryl methyl sites for hydroxylation is 1. The highest BCUT2D eigenvalue weighted by molar-refractivity contribution is 6.00. The molecule has 1 fully saturated rings. The number of benzene rings is 2. The van der Waals surface area contributed by atoms with Crippen LogP contribution in [0.5, 0.6) is 5.75 Å². The molecule has 2 aromatic carbocycles. The molecule has 0 atom stereocenters. The van der Waals surface area contributed by atoms with Crippen LogP contribution in [0.1, 0.15) is 18.7 Å². The molecule has 0 aliphatic carbocycles. The van der Waals surface area contributed by atoms with Crippen molar-refractivity contribution in [2.24, 2.45) is 7.05 Å². The largest absolute Gasteiger partial charge is 0.492 e. The zero-order chi connectivity index (χ0) is 27.2. The summed E-state index contributed by atoms with van der Waals surface area (Å²) in [6.45, 7) is 5.58. The van der Waals surface area contributed by atoms with Gasteiger partial charge < -0.3 is 14.3 Å². The van der Waals surface area contributed by atoms with Crippen LogP contribution in [0.4, 0.5) is 4.39 Å². The van der Waals surface area contributed by atoms with Gasteiger partial charge in [-0.1, -0.05) is 6.07 Å². The second kappa shape index (κ2) is 9.91. The second-order valence-electron chi connectivity index (χ2n) is 10.5. The van der Waals surface area contributed by atoms with E-state index in [1.165, 1.54) is 25.0 Å². The number of rotatable bonds is 7. The monoisotopic (exact) mass is 535 g/mol. The molecular formula is C31H30FN7O. The molecule has 0 amide bonds. The Morgan fingerprint density at radius 3 is 2.60 bits per heavy atom. The predicted molar refractivity (Wildman–Crippen MR) is 155 cm³/mol. The molecule has 0 unspecified atom stereocenters. The normalized spacial score (nSPS) is 14.1. The minimum Gasteiger partial charge on any atom is -0.492 e. The van der Waals surface area contributed by atoms with E-state index in [9.17, 15) is 4.39 Å². The van der Waals surface area contributed by atoms with Gasteiger partial charge in [0, 0.05) is 53.3 Å². The molecule has 1 aliphatic rings. The van der Waals surface area contributed by atoms with Crippen LogP contribution < -0.4 is 4.74 Å². The molecule has 4 aromatic heterocycles. The van der Waals surface area contributed by atoms with E-state index in [1.807, 2.05) is 44.4 Å². The molecule has 0 saturated carbocycles.